The lowest BCUT2D eigenvalue weighted by atomic mass is 10.2. The van der Waals surface area contributed by atoms with E-state index in [0.717, 1.165) is 56.8 Å². The van der Waals surface area contributed by atoms with E-state index in [4.69, 9.17) is 0 Å². The third kappa shape index (κ3) is 2.58. The molecule has 9 heteroatoms. The highest BCUT2D eigenvalue weighted by Crippen LogP contribution is 2.41. The van der Waals surface area contributed by atoms with Crippen molar-refractivity contribution in [2.24, 2.45) is 7.05 Å². The smallest absolute Gasteiger partial charge is 0.333 e. The highest BCUT2D eigenvalue weighted by Gasteiger charge is 2.38. The van der Waals surface area contributed by atoms with Crippen LogP contribution in [0.25, 0.3) is 0 Å². The Balaban J connectivity index is 1.76. The molecule has 2 aromatic rings. The minimum atomic E-state index is -0.322. The van der Waals surface area contributed by atoms with Crippen LogP contribution in [0.3, 0.4) is 0 Å². The molecule has 0 amide bonds. The highest BCUT2D eigenvalue weighted by molar-refractivity contribution is 5.62. The lowest BCUT2D eigenvalue weighted by molar-refractivity contribution is -0.384. The molecule has 1 atom stereocenters. The van der Waals surface area contributed by atoms with Crippen molar-refractivity contribution in [1.82, 2.24) is 24.5 Å². The van der Waals surface area contributed by atoms with Crippen LogP contribution >= 0.6 is 0 Å². The number of fused-ring (bicyclic) bond motifs is 1. The van der Waals surface area contributed by atoms with E-state index in [-0.39, 0.29) is 16.7 Å². The summed E-state index contributed by atoms with van der Waals surface area (Å²) in [6.07, 6.45) is 6.37. The maximum Gasteiger partial charge on any atom is 0.333 e. The molecule has 25 heavy (non-hydrogen) atoms. The molecule has 1 fully saturated rings. The van der Waals surface area contributed by atoms with Crippen molar-refractivity contribution in [3.05, 3.63) is 27.5 Å². The second-order valence-corrected chi connectivity index (χ2v) is 6.93. The van der Waals surface area contributed by atoms with Crippen LogP contribution in [-0.2, 0) is 20.0 Å². The van der Waals surface area contributed by atoms with Crippen LogP contribution in [0.1, 0.15) is 55.5 Å². The molecule has 0 unspecified atom stereocenters. The van der Waals surface area contributed by atoms with Crippen molar-refractivity contribution in [2.45, 2.75) is 58.0 Å². The Morgan fingerprint density at radius 2 is 2.00 bits per heavy atom. The summed E-state index contributed by atoms with van der Waals surface area (Å²) in [5, 5.41) is 24.7. The van der Waals surface area contributed by atoms with Gasteiger partial charge in [0.1, 0.15) is 11.5 Å². The summed E-state index contributed by atoms with van der Waals surface area (Å²) in [6, 6.07) is 0.0212. The van der Waals surface area contributed by atoms with Crippen molar-refractivity contribution in [2.75, 3.05) is 11.4 Å². The van der Waals surface area contributed by atoms with Gasteiger partial charge in [-0.15, -0.1) is 10.2 Å². The lowest BCUT2D eigenvalue weighted by Crippen LogP contribution is -2.28. The predicted octanol–water partition coefficient (Wildman–Crippen LogP) is 2.30. The molecule has 4 heterocycles. The first-order chi connectivity index (χ1) is 12.1. The molecule has 2 aromatic heterocycles. The standard InChI is InChI=1S/C16H23N7O2/c1-11-14(23(24)25)16(20(2)19-11)21-10-6-7-12(21)15-18-17-13-8-4-3-5-9-22(13)15/h12H,3-10H2,1-2H3/t12-/m0/s1. The SMILES string of the molecule is Cc1nn(C)c(N2CCC[C@H]2c2nnc3n2CCCCC3)c1[N+](=O)[O-]. The Hall–Kier alpha value is -2.45. The van der Waals surface area contributed by atoms with Crippen molar-refractivity contribution < 1.29 is 4.92 Å². The molecule has 4 rings (SSSR count). The van der Waals surface area contributed by atoms with Gasteiger partial charge in [-0.25, -0.2) is 4.68 Å². The zero-order valence-corrected chi connectivity index (χ0v) is 14.7. The van der Waals surface area contributed by atoms with Crippen LogP contribution in [0.5, 0.6) is 0 Å². The molecule has 1 saturated heterocycles. The molecular formula is C16H23N7O2. The summed E-state index contributed by atoms with van der Waals surface area (Å²) in [4.78, 5) is 13.4. The Morgan fingerprint density at radius 1 is 1.16 bits per heavy atom. The molecule has 0 spiro atoms. The molecule has 2 aliphatic rings. The number of nitro groups is 1. The number of aryl methyl sites for hydroxylation is 3. The zero-order valence-electron chi connectivity index (χ0n) is 14.7. The summed E-state index contributed by atoms with van der Waals surface area (Å²) < 4.78 is 3.87. The number of anilines is 1. The van der Waals surface area contributed by atoms with Crippen LogP contribution in [-0.4, -0.2) is 36.0 Å². The number of hydrogen-bond acceptors (Lipinski definition) is 6. The van der Waals surface area contributed by atoms with Gasteiger partial charge in [0.15, 0.2) is 5.82 Å². The third-order valence-electron chi connectivity index (χ3n) is 5.30. The first-order valence-corrected chi connectivity index (χ1v) is 8.94. The average Bonchev–Trinajstić information content (AvgIpc) is 3.20. The summed E-state index contributed by atoms with van der Waals surface area (Å²) in [6.45, 7) is 3.40. The van der Waals surface area contributed by atoms with Crippen LogP contribution in [0.2, 0.25) is 0 Å². The van der Waals surface area contributed by atoms with Gasteiger partial charge in [0.25, 0.3) is 0 Å². The van der Waals surface area contributed by atoms with Crippen molar-refractivity contribution in [3.8, 4) is 0 Å². The molecule has 2 aliphatic heterocycles. The van der Waals surface area contributed by atoms with Gasteiger partial charge >= 0.3 is 5.69 Å². The molecule has 0 bridgehead atoms. The molecule has 0 saturated carbocycles. The van der Waals surface area contributed by atoms with Gasteiger partial charge in [0, 0.05) is 26.6 Å². The van der Waals surface area contributed by atoms with Gasteiger partial charge in [-0.3, -0.25) is 10.1 Å². The second-order valence-electron chi connectivity index (χ2n) is 6.93. The maximum absolute atomic E-state index is 11.6. The van der Waals surface area contributed by atoms with E-state index >= 15 is 0 Å². The minimum Gasteiger partial charge on any atom is -0.341 e. The third-order valence-corrected chi connectivity index (χ3v) is 5.30. The van der Waals surface area contributed by atoms with Crippen molar-refractivity contribution in [3.63, 3.8) is 0 Å². The molecular weight excluding hydrogens is 322 g/mol. The Labute approximate surface area is 145 Å². The second kappa shape index (κ2) is 6.12. The summed E-state index contributed by atoms with van der Waals surface area (Å²) >= 11 is 0. The predicted molar refractivity (Wildman–Crippen MR) is 91.5 cm³/mol. The lowest BCUT2D eigenvalue weighted by Gasteiger charge is -2.25. The van der Waals surface area contributed by atoms with Gasteiger partial charge < -0.3 is 9.47 Å². The number of nitrogens with zero attached hydrogens (tertiary/aromatic N) is 7. The molecule has 0 aliphatic carbocycles. The number of hydrogen-bond donors (Lipinski definition) is 0. The van der Waals surface area contributed by atoms with Gasteiger partial charge in [-0.05, 0) is 32.6 Å². The Morgan fingerprint density at radius 3 is 2.80 bits per heavy atom. The maximum atomic E-state index is 11.6. The zero-order chi connectivity index (χ0) is 17.6. The summed E-state index contributed by atoms with van der Waals surface area (Å²) in [5.74, 6) is 2.58. The van der Waals surface area contributed by atoms with E-state index in [1.165, 1.54) is 6.42 Å². The normalized spacial score (nSPS) is 20.6. The quantitative estimate of drug-likeness (QED) is 0.626. The summed E-state index contributed by atoms with van der Waals surface area (Å²) in [5.41, 5.74) is 0.554. The summed E-state index contributed by atoms with van der Waals surface area (Å²) in [7, 11) is 1.77. The fourth-order valence-electron chi connectivity index (χ4n) is 4.21. The largest absolute Gasteiger partial charge is 0.341 e. The van der Waals surface area contributed by atoms with Gasteiger partial charge in [-0.2, -0.15) is 5.10 Å². The van der Waals surface area contributed by atoms with E-state index in [1.807, 2.05) is 0 Å². The monoisotopic (exact) mass is 345 g/mol. The van der Waals surface area contributed by atoms with E-state index in [2.05, 4.69) is 24.8 Å². The Bertz CT molecular complexity index is 810. The van der Waals surface area contributed by atoms with E-state index < -0.39 is 0 Å². The van der Waals surface area contributed by atoms with Gasteiger partial charge in [0.05, 0.1) is 11.0 Å². The minimum absolute atomic E-state index is 0.0212. The molecule has 0 N–H and O–H groups in total. The first-order valence-electron chi connectivity index (χ1n) is 8.94. The topological polar surface area (TPSA) is 94.9 Å². The van der Waals surface area contributed by atoms with Gasteiger partial charge in [-0.1, -0.05) is 6.42 Å². The van der Waals surface area contributed by atoms with Crippen molar-refractivity contribution in [1.29, 1.82) is 0 Å². The number of rotatable bonds is 3. The van der Waals surface area contributed by atoms with Crippen molar-refractivity contribution >= 4 is 11.5 Å². The molecule has 0 radical (unpaired) electrons. The average molecular weight is 345 g/mol. The van der Waals surface area contributed by atoms with E-state index in [9.17, 15) is 10.1 Å². The highest BCUT2D eigenvalue weighted by atomic mass is 16.6. The fraction of sp³-hybridized carbons (Fsp3) is 0.688. The van der Waals surface area contributed by atoms with Crippen LogP contribution in [0.15, 0.2) is 0 Å². The molecule has 134 valence electrons. The van der Waals surface area contributed by atoms with Crippen LogP contribution in [0.4, 0.5) is 11.5 Å². The van der Waals surface area contributed by atoms with E-state index in [1.54, 1.807) is 18.7 Å². The van der Waals surface area contributed by atoms with E-state index in [0.29, 0.717) is 11.5 Å². The van der Waals surface area contributed by atoms with Crippen LogP contribution in [0, 0.1) is 17.0 Å². The fourth-order valence-corrected chi connectivity index (χ4v) is 4.21. The molecule has 0 aromatic carbocycles. The number of aromatic nitrogens is 5. The van der Waals surface area contributed by atoms with Crippen LogP contribution < -0.4 is 4.90 Å². The van der Waals surface area contributed by atoms with Gasteiger partial charge in [0.2, 0.25) is 5.82 Å². The first kappa shape index (κ1) is 16.0. The molecule has 9 nitrogen and oxygen atoms in total. The Kier molecular flexibility index (Phi) is 3.93.